The van der Waals surface area contributed by atoms with Gasteiger partial charge in [-0.15, -0.1) is 0 Å². The molecule has 0 saturated heterocycles. The second-order valence-electron chi connectivity index (χ2n) is 6.32. The first-order valence-electron chi connectivity index (χ1n) is 8.50. The third kappa shape index (κ3) is 2.69. The Bertz CT molecular complexity index is 1340. The molecule has 0 aliphatic heterocycles. The van der Waals surface area contributed by atoms with E-state index >= 15 is 0 Å². The van der Waals surface area contributed by atoms with Crippen LogP contribution in [0.25, 0.3) is 31.8 Å². The van der Waals surface area contributed by atoms with Crippen molar-refractivity contribution >= 4 is 54.1 Å². The first kappa shape index (κ1) is 15.8. The molecule has 0 atom stereocenters. The number of carbonyl (C=O) groups excluding carboxylic acids is 1. The highest BCUT2D eigenvalue weighted by Crippen LogP contribution is 2.32. The summed E-state index contributed by atoms with van der Waals surface area (Å²) in [7, 11) is 0. The van der Waals surface area contributed by atoms with Crippen molar-refractivity contribution in [2.45, 2.75) is 0 Å². The number of hydrogen-bond donors (Lipinski definition) is 2. The number of amides is 1. The number of aromatic nitrogens is 1. The highest BCUT2D eigenvalue weighted by molar-refractivity contribution is 7.22. The van der Waals surface area contributed by atoms with E-state index in [0.29, 0.717) is 5.13 Å². The maximum Gasteiger partial charge on any atom is 0.261 e. The lowest BCUT2D eigenvalue weighted by Crippen LogP contribution is -2.11. The summed E-state index contributed by atoms with van der Waals surface area (Å²) >= 11 is 1.42. The summed E-state index contributed by atoms with van der Waals surface area (Å²) in [5.41, 5.74) is 1.11. The molecule has 1 heterocycles. The molecule has 4 aromatic carbocycles. The SMILES string of the molecule is O=C(Nc1nc2c(ccc3ccccc32)s1)c1cc2ccccc2cc1O. The van der Waals surface area contributed by atoms with Crippen molar-refractivity contribution in [3.63, 3.8) is 0 Å². The van der Waals surface area contributed by atoms with Gasteiger partial charge in [0.15, 0.2) is 5.13 Å². The van der Waals surface area contributed by atoms with Crippen molar-refractivity contribution in [2.24, 2.45) is 0 Å². The first-order valence-corrected chi connectivity index (χ1v) is 9.32. The molecule has 0 aliphatic carbocycles. The van der Waals surface area contributed by atoms with E-state index in [9.17, 15) is 9.90 Å². The van der Waals surface area contributed by atoms with Crippen molar-refractivity contribution in [3.05, 3.63) is 78.4 Å². The van der Waals surface area contributed by atoms with Crippen LogP contribution in [0.5, 0.6) is 5.75 Å². The fourth-order valence-electron chi connectivity index (χ4n) is 3.29. The summed E-state index contributed by atoms with van der Waals surface area (Å²) in [6.45, 7) is 0. The largest absolute Gasteiger partial charge is 0.507 e. The molecule has 0 spiro atoms. The molecule has 0 unspecified atom stereocenters. The molecule has 0 bridgehead atoms. The van der Waals surface area contributed by atoms with E-state index in [2.05, 4.69) is 16.4 Å². The third-order valence-electron chi connectivity index (χ3n) is 4.61. The molecule has 4 nitrogen and oxygen atoms in total. The van der Waals surface area contributed by atoms with Gasteiger partial charge in [-0.25, -0.2) is 4.98 Å². The number of anilines is 1. The quantitative estimate of drug-likeness (QED) is 0.428. The minimum absolute atomic E-state index is 0.0437. The molecule has 2 N–H and O–H groups in total. The molecule has 0 fully saturated rings. The molecular weight excluding hydrogens is 356 g/mol. The Morgan fingerprint density at radius 3 is 2.41 bits per heavy atom. The number of nitrogens with zero attached hydrogens (tertiary/aromatic N) is 1. The first-order chi connectivity index (χ1) is 13.2. The van der Waals surface area contributed by atoms with Crippen LogP contribution in [0.1, 0.15) is 10.4 Å². The van der Waals surface area contributed by atoms with Gasteiger partial charge in [0.05, 0.1) is 15.8 Å². The maximum atomic E-state index is 12.7. The molecule has 0 aliphatic rings. The maximum absolute atomic E-state index is 12.7. The monoisotopic (exact) mass is 370 g/mol. The molecule has 1 aromatic heterocycles. The lowest BCUT2D eigenvalue weighted by Gasteiger charge is -2.06. The van der Waals surface area contributed by atoms with E-state index in [0.717, 1.165) is 31.8 Å². The van der Waals surface area contributed by atoms with Gasteiger partial charge < -0.3 is 5.11 Å². The van der Waals surface area contributed by atoms with E-state index in [1.807, 2.05) is 54.6 Å². The molecule has 5 heteroatoms. The Kier molecular flexibility index (Phi) is 3.55. The van der Waals surface area contributed by atoms with Crippen molar-refractivity contribution in [1.82, 2.24) is 4.98 Å². The van der Waals surface area contributed by atoms with Crippen molar-refractivity contribution in [1.29, 1.82) is 0 Å². The van der Waals surface area contributed by atoms with Gasteiger partial charge in [0.2, 0.25) is 0 Å². The molecule has 5 aromatic rings. The van der Waals surface area contributed by atoms with E-state index in [1.54, 1.807) is 12.1 Å². The zero-order valence-electron chi connectivity index (χ0n) is 14.1. The minimum Gasteiger partial charge on any atom is -0.507 e. The number of carbonyl (C=O) groups is 1. The Morgan fingerprint density at radius 2 is 1.59 bits per heavy atom. The van der Waals surface area contributed by atoms with Crippen molar-refractivity contribution in [3.8, 4) is 5.75 Å². The lowest BCUT2D eigenvalue weighted by molar-refractivity contribution is 0.102. The van der Waals surface area contributed by atoms with Gasteiger partial charge in [-0.05, 0) is 34.4 Å². The number of aromatic hydroxyl groups is 1. The standard InChI is InChI=1S/C22H14N2O2S/c25-18-12-15-7-2-1-6-14(15)11-17(18)21(26)24-22-23-20-16-8-4-3-5-13(16)9-10-19(20)27-22/h1-12,25H,(H,23,24,26). The Hall–Kier alpha value is -3.44. The van der Waals surface area contributed by atoms with Crippen LogP contribution in [0.4, 0.5) is 5.13 Å². The number of phenols is 1. The van der Waals surface area contributed by atoms with Crippen LogP contribution in [-0.2, 0) is 0 Å². The van der Waals surface area contributed by atoms with Gasteiger partial charge in [0.1, 0.15) is 5.75 Å². The highest BCUT2D eigenvalue weighted by atomic mass is 32.1. The number of nitrogens with one attached hydrogen (secondary N) is 1. The fourth-order valence-corrected chi connectivity index (χ4v) is 4.17. The van der Waals surface area contributed by atoms with Crippen LogP contribution < -0.4 is 5.32 Å². The van der Waals surface area contributed by atoms with E-state index < -0.39 is 0 Å². The van der Waals surface area contributed by atoms with Crippen LogP contribution in [0, 0.1) is 0 Å². The zero-order valence-corrected chi connectivity index (χ0v) is 15.0. The van der Waals surface area contributed by atoms with Crippen LogP contribution in [0.15, 0.2) is 72.8 Å². The summed E-state index contributed by atoms with van der Waals surface area (Å²) in [6.07, 6.45) is 0. The van der Waals surface area contributed by atoms with Gasteiger partial charge >= 0.3 is 0 Å². The number of phenolic OH excluding ortho intramolecular Hbond substituents is 1. The minimum atomic E-state index is -0.374. The predicted molar refractivity (Wildman–Crippen MR) is 111 cm³/mol. The number of fused-ring (bicyclic) bond motifs is 4. The van der Waals surface area contributed by atoms with Gasteiger partial charge in [-0.3, -0.25) is 10.1 Å². The molecule has 5 rings (SSSR count). The number of benzene rings is 4. The Balaban J connectivity index is 1.54. The smallest absolute Gasteiger partial charge is 0.261 e. The Morgan fingerprint density at radius 1 is 0.889 bits per heavy atom. The summed E-state index contributed by atoms with van der Waals surface area (Å²) in [4.78, 5) is 17.3. The van der Waals surface area contributed by atoms with E-state index in [4.69, 9.17) is 0 Å². The molecule has 1 amide bonds. The lowest BCUT2D eigenvalue weighted by atomic mass is 10.1. The van der Waals surface area contributed by atoms with Gasteiger partial charge in [-0.2, -0.15) is 0 Å². The number of thiazole rings is 1. The summed E-state index contributed by atoms with van der Waals surface area (Å²) < 4.78 is 1.01. The summed E-state index contributed by atoms with van der Waals surface area (Å²) in [6, 6.07) is 23.0. The Labute approximate surface area is 158 Å². The zero-order chi connectivity index (χ0) is 18.4. The van der Waals surface area contributed by atoms with Crippen molar-refractivity contribution < 1.29 is 9.90 Å². The number of hydrogen-bond acceptors (Lipinski definition) is 4. The average Bonchev–Trinajstić information content (AvgIpc) is 3.10. The second-order valence-corrected chi connectivity index (χ2v) is 7.35. The molecule has 27 heavy (non-hydrogen) atoms. The highest BCUT2D eigenvalue weighted by Gasteiger charge is 2.15. The van der Waals surface area contributed by atoms with E-state index in [-0.39, 0.29) is 17.2 Å². The van der Waals surface area contributed by atoms with Crippen molar-refractivity contribution in [2.75, 3.05) is 5.32 Å². The molecule has 0 radical (unpaired) electrons. The average molecular weight is 370 g/mol. The fraction of sp³-hybridized carbons (Fsp3) is 0. The molecule has 130 valence electrons. The molecular formula is C22H14N2O2S. The van der Waals surface area contributed by atoms with Gasteiger partial charge in [0.25, 0.3) is 5.91 Å². The van der Waals surface area contributed by atoms with Crippen LogP contribution in [0.3, 0.4) is 0 Å². The summed E-state index contributed by atoms with van der Waals surface area (Å²) in [5, 5.41) is 17.6. The topological polar surface area (TPSA) is 62.2 Å². The van der Waals surface area contributed by atoms with Crippen LogP contribution in [0.2, 0.25) is 0 Å². The van der Waals surface area contributed by atoms with Crippen LogP contribution in [-0.4, -0.2) is 16.0 Å². The second kappa shape index (κ2) is 6.07. The van der Waals surface area contributed by atoms with E-state index in [1.165, 1.54) is 11.3 Å². The number of rotatable bonds is 2. The van der Waals surface area contributed by atoms with Crippen LogP contribution >= 0.6 is 11.3 Å². The van der Waals surface area contributed by atoms with Gasteiger partial charge in [-0.1, -0.05) is 65.9 Å². The predicted octanol–water partition coefficient (Wildman–Crippen LogP) is 5.56. The molecule has 0 saturated carbocycles. The normalized spacial score (nSPS) is 11.3. The third-order valence-corrected chi connectivity index (χ3v) is 5.55. The van der Waals surface area contributed by atoms with Gasteiger partial charge in [0, 0.05) is 5.39 Å². The summed E-state index contributed by atoms with van der Waals surface area (Å²) in [5.74, 6) is -0.417.